The SMILES string of the molecule is CC(C)[C@H](N)C(=O)NCC(=O)NCC(=O)NCC(=O)O. The molecule has 20 heavy (non-hydrogen) atoms. The van der Waals surface area contributed by atoms with Gasteiger partial charge >= 0.3 is 5.97 Å². The van der Waals surface area contributed by atoms with Crippen LogP contribution in [0.15, 0.2) is 0 Å². The van der Waals surface area contributed by atoms with Gasteiger partial charge in [0.1, 0.15) is 6.54 Å². The predicted molar refractivity (Wildman–Crippen MR) is 69.5 cm³/mol. The molecule has 0 unspecified atom stereocenters. The van der Waals surface area contributed by atoms with Crippen LogP contribution in [-0.4, -0.2) is 54.5 Å². The van der Waals surface area contributed by atoms with Gasteiger partial charge in [-0.2, -0.15) is 0 Å². The van der Waals surface area contributed by atoms with E-state index in [-0.39, 0.29) is 19.0 Å². The van der Waals surface area contributed by atoms with Crippen LogP contribution in [0.1, 0.15) is 13.8 Å². The van der Waals surface area contributed by atoms with Gasteiger partial charge in [0.05, 0.1) is 19.1 Å². The minimum Gasteiger partial charge on any atom is -0.480 e. The monoisotopic (exact) mass is 288 g/mol. The Hall–Kier alpha value is -2.16. The van der Waals surface area contributed by atoms with Crippen LogP contribution in [0.3, 0.4) is 0 Å². The molecule has 6 N–H and O–H groups in total. The second kappa shape index (κ2) is 8.86. The summed E-state index contributed by atoms with van der Waals surface area (Å²) in [6.07, 6.45) is 0. The summed E-state index contributed by atoms with van der Waals surface area (Å²) < 4.78 is 0. The van der Waals surface area contributed by atoms with Crippen molar-refractivity contribution in [1.82, 2.24) is 16.0 Å². The van der Waals surface area contributed by atoms with Gasteiger partial charge in [0.25, 0.3) is 0 Å². The summed E-state index contributed by atoms with van der Waals surface area (Å²) in [5.41, 5.74) is 5.57. The molecule has 0 aliphatic carbocycles. The van der Waals surface area contributed by atoms with Crippen molar-refractivity contribution in [1.29, 1.82) is 0 Å². The first-order valence-electron chi connectivity index (χ1n) is 6.02. The third-order valence-electron chi connectivity index (χ3n) is 2.33. The molecule has 0 spiro atoms. The Morgan fingerprint density at radius 1 is 0.950 bits per heavy atom. The molecule has 0 saturated heterocycles. The Kier molecular flexibility index (Phi) is 7.90. The van der Waals surface area contributed by atoms with E-state index in [2.05, 4.69) is 16.0 Å². The highest BCUT2D eigenvalue weighted by Gasteiger charge is 2.17. The lowest BCUT2D eigenvalue weighted by atomic mass is 10.1. The maximum atomic E-state index is 11.4. The topological polar surface area (TPSA) is 151 Å². The van der Waals surface area contributed by atoms with Crippen molar-refractivity contribution in [3.05, 3.63) is 0 Å². The summed E-state index contributed by atoms with van der Waals surface area (Å²) in [4.78, 5) is 44.0. The van der Waals surface area contributed by atoms with E-state index in [1.807, 2.05) is 0 Å². The zero-order chi connectivity index (χ0) is 15.7. The smallest absolute Gasteiger partial charge is 0.322 e. The van der Waals surface area contributed by atoms with Crippen molar-refractivity contribution in [3.63, 3.8) is 0 Å². The fourth-order valence-electron chi connectivity index (χ4n) is 1.07. The molecule has 0 radical (unpaired) electrons. The number of nitrogens with one attached hydrogen (secondary N) is 3. The Bertz CT molecular complexity index is 383. The quantitative estimate of drug-likeness (QED) is 0.330. The molecule has 0 fully saturated rings. The average molecular weight is 288 g/mol. The van der Waals surface area contributed by atoms with Crippen LogP contribution in [0, 0.1) is 5.92 Å². The van der Waals surface area contributed by atoms with Gasteiger partial charge in [0.2, 0.25) is 17.7 Å². The van der Waals surface area contributed by atoms with Crippen molar-refractivity contribution in [3.8, 4) is 0 Å². The van der Waals surface area contributed by atoms with Crippen molar-refractivity contribution in [2.24, 2.45) is 11.7 Å². The van der Waals surface area contributed by atoms with Crippen LogP contribution in [-0.2, 0) is 19.2 Å². The van der Waals surface area contributed by atoms with Gasteiger partial charge in [0, 0.05) is 0 Å². The van der Waals surface area contributed by atoms with E-state index in [1.165, 1.54) is 0 Å². The summed E-state index contributed by atoms with van der Waals surface area (Å²) in [6, 6.07) is -0.707. The van der Waals surface area contributed by atoms with Gasteiger partial charge in [-0.25, -0.2) is 0 Å². The second-order valence-electron chi connectivity index (χ2n) is 4.43. The fraction of sp³-hybridized carbons (Fsp3) is 0.636. The van der Waals surface area contributed by atoms with Gasteiger partial charge in [-0.15, -0.1) is 0 Å². The first kappa shape index (κ1) is 17.8. The van der Waals surface area contributed by atoms with E-state index in [4.69, 9.17) is 10.8 Å². The third kappa shape index (κ3) is 8.03. The van der Waals surface area contributed by atoms with Crippen LogP contribution in [0.5, 0.6) is 0 Å². The summed E-state index contributed by atoms with van der Waals surface area (Å²) in [5, 5.41) is 15.0. The van der Waals surface area contributed by atoms with Gasteiger partial charge in [0.15, 0.2) is 0 Å². The molecule has 0 aliphatic rings. The highest BCUT2D eigenvalue weighted by Crippen LogP contribution is 1.97. The van der Waals surface area contributed by atoms with Crippen LogP contribution in [0.4, 0.5) is 0 Å². The van der Waals surface area contributed by atoms with Gasteiger partial charge in [-0.1, -0.05) is 13.8 Å². The molecule has 0 bridgehead atoms. The number of nitrogens with two attached hydrogens (primary N) is 1. The van der Waals surface area contributed by atoms with E-state index in [0.717, 1.165) is 0 Å². The molecule has 0 saturated carbocycles. The normalized spacial score (nSPS) is 11.6. The summed E-state index contributed by atoms with van der Waals surface area (Å²) in [7, 11) is 0. The Morgan fingerprint density at radius 3 is 1.85 bits per heavy atom. The number of carboxylic acid groups (broad SMARTS) is 1. The van der Waals surface area contributed by atoms with E-state index in [1.54, 1.807) is 13.8 Å². The minimum atomic E-state index is -1.18. The molecule has 0 aliphatic heterocycles. The molecule has 0 aromatic heterocycles. The zero-order valence-electron chi connectivity index (χ0n) is 11.4. The number of hydrogen-bond donors (Lipinski definition) is 5. The Labute approximate surface area is 116 Å². The summed E-state index contributed by atoms with van der Waals surface area (Å²) in [5.74, 6) is -2.89. The number of carboxylic acids is 1. The Balaban J connectivity index is 3.87. The summed E-state index contributed by atoms with van der Waals surface area (Å²) >= 11 is 0. The number of carbonyl (C=O) groups excluding carboxylic acids is 3. The van der Waals surface area contributed by atoms with E-state index < -0.39 is 36.3 Å². The molecule has 3 amide bonds. The molecule has 0 heterocycles. The third-order valence-corrected chi connectivity index (χ3v) is 2.33. The van der Waals surface area contributed by atoms with Gasteiger partial charge in [-0.05, 0) is 5.92 Å². The number of hydrogen-bond acceptors (Lipinski definition) is 5. The Morgan fingerprint density at radius 2 is 1.40 bits per heavy atom. The van der Waals surface area contributed by atoms with E-state index >= 15 is 0 Å². The van der Waals surface area contributed by atoms with Gasteiger partial charge in [-0.3, -0.25) is 19.2 Å². The second-order valence-corrected chi connectivity index (χ2v) is 4.43. The van der Waals surface area contributed by atoms with Crippen LogP contribution in [0.25, 0.3) is 0 Å². The highest BCUT2D eigenvalue weighted by molar-refractivity contribution is 5.90. The minimum absolute atomic E-state index is 0.0557. The number of rotatable bonds is 8. The first-order chi connectivity index (χ1) is 9.23. The van der Waals surface area contributed by atoms with Crippen molar-refractivity contribution >= 4 is 23.7 Å². The van der Waals surface area contributed by atoms with Crippen molar-refractivity contribution in [2.75, 3.05) is 19.6 Å². The standard InChI is InChI=1S/C11H20N4O5/c1-6(2)10(12)11(20)15-4-8(17)13-3-7(16)14-5-9(18)19/h6,10H,3-5,12H2,1-2H3,(H,13,17)(H,14,16)(H,15,20)(H,18,19)/t10-/m0/s1. The lowest BCUT2D eigenvalue weighted by molar-refractivity contribution is -0.137. The predicted octanol–water partition coefficient (Wildman–Crippen LogP) is -2.60. The molecule has 0 aromatic carbocycles. The molecular formula is C11H20N4O5. The maximum absolute atomic E-state index is 11.4. The number of amides is 3. The van der Waals surface area contributed by atoms with Crippen molar-refractivity contribution < 1.29 is 24.3 Å². The fourth-order valence-corrected chi connectivity index (χ4v) is 1.07. The van der Waals surface area contributed by atoms with E-state index in [9.17, 15) is 19.2 Å². The van der Waals surface area contributed by atoms with Crippen LogP contribution >= 0.6 is 0 Å². The van der Waals surface area contributed by atoms with Crippen molar-refractivity contribution in [2.45, 2.75) is 19.9 Å². The van der Waals surface area contributed by atoms with Crippen LogP contribution in [0.2, 0.25) is 0 Å². The zero-order valence-corrected chi connectivity index (χ0v) is 11.4. The number of carbonyl (C=O) groups is 4. The molecule has 9 nitrogen and oxygen atoms in total. The largest absolute Gasteiger partial charge is 0.480 e. The molecule has 0 rings (SSSR count). The molecule has 0 aromatic rings. The molecule has 1 atom stereocenters. The lowest BCUT2D eigenvalue weighted by Crippen LogP contribution is -2.48. The maximum Gasteiger partial charge on any atom is 0.322 e. The highest BCUT2D eigenvalue weighted by atomic mass is 16.4. The molecular weight excluding hydrogens is 268 g/mol. The van der Waals surface area contributed by atoms with Crippen LogP contribution < -0.4 is 21.7 Å². The molecule has 9 heteroatoms. The number of aliphatic carboxylic acids is 1. The lowest BCUT2D eigenvalue weighted by Gasteiger charge is -2.15. The van der Waals surface area contributed by atoms with E-state index in [0.29, 0.717) is 0 Å². The molecule has 114 valence electrons. The summed E-state index contributed by atoms with van der Waals surface area (Å²) in [6.45, 7) is 2.37. The first-order valence-corrected chi connectivity index (χ1v) is 6.02. The average Bonchev–Trinajstić information content (AvgIpc) is 2.38. The van der Waals surface area contributed by atoms with Gasteiger partial charge < -0.3 is 26.8 Å².